The molecule has 1 aliphatic carbocycles. The van der Waals surface area contributed by atoms with Gasteiger partial charge in [-0.25, -0.2) is 14.4 Å². The van der Waals surface area contributed by atoms with Crippen LogP contribution in [0.25, 0.3) is 11.4 Å². The van der Waals surface area contributed by atoms with Crippen LogP contribution in [0.1, 0.15) is 24.6 Å². The maximum Gasteiger partial charge on any atom is 0.226 e. The van der Waals surface area contributed by atoms with Crippen LogP contribution in [0.4, 0.5) is 4.39 Å². The van der Waals surface area contributed by atoms with Crippen LogP contribution in [0.3, 0.4) is 0 Å². The number of hydrogen-bond acceptors (Lipinski definition) is 4. The summed E-state index contributed by atoms with van der Waals surface area (Å²) in [6.07, 6.45) is 1.88. The average Bonchev–Trinajstić information content (AvgIpc) is 2.37. The first-order valence-corrected chi connectivity index (χ1v) is 6.45. The number of aromatic nitrogens is 3. The molecule has 98 valence electrons. The second kappa shape index (κ2) is 4.83. The number of nitrogens with zero attached hydrogens (tertiary/aromatic N) is 3. The van der Waals surface area contributed by atoms with Crippen molar-refractivity contribution in [1.82, 2.24) is 15.0 Å². The summed E-state index contributed by atoms with van der Waals surface area (Å²) in [5.41, 5.74) is 6.23. The van der Waals surface area contributed by atoms with Gasteiger partial charge in [-0.2, -0.15) is 4.98 Å². The van der Waals surface area contributed by atoms with Crippen molar-refractivity contribution in [2.24, 2.45) is 5.73 Å². The second-order valence-corrected chi connectivity index (χ2v) is 4.95. The van der Waals surface area contributed by atoms with Gasteiger partial charge in [-0.05, 0) is 36.6 Å². The number of benzene rings is 1. The fourth-order valence-electron chi connectivity index (χ4n) is 2.14. The first-order valence-electron chi connectivity index (χ1n) is 6.07. The van der Waals surface area contributed by atoms with Crippen molar-refractivity contribution in [3.05, 3.63) is 41.2 Å². The van der Waals surface area contributed by atoms with E-state index in [0.717, 1.165) is 12.8 Å². The van der Waals surface area contributed by atoms with Crippen LogP contribution in [-0.4, -0.2) is 21.0 Å². The van der Waals surface area contributed by atoms with Crippen LogP contribution < -0.4 is 5.73 Å². The number of hydrogen-bond donors (Lipinski definition) is 1. The van der Waals surface area contributed by atoms with Crippen molar-refractivity contribution in [1.29, 1.82) is 0 Å². The van der Waals surface area contributed by atoms with Gasteiger partial charge in [-0.3, -0.25) is 0 Å². The average molecular weight is 279 g/mol. The molecular weight excluding hydrogens is 267 g/mol. The highest BCUT2D eigenvalue weighted by molar-refractivity contribution is 6.28. The molecular formula is C13H12ClFN4. The Balaban J connectivity index is 2.05. The van der Waals surface area contributed by atoms with Gasteiger partial charge in [0, 0.05) is 12.0 Å². The molecule has 6 heteroatoms. The lowest BCUT2D eigenvalue weighted by atomic mass is 9.79. The minimum atomic E-state index is -0.381. The largest absolute Gasteiger partial charge is 0.327 e. The smallest absolute Gasteiger partial charge is 0.226 e. The summed E-state index contributed by atoms with van der Waals surface area (Å²) >= 11 is 5.90. The fraction of sp³-hybridized carbons (Fsp3) is 0.308. The van der Waals surface area contributed by atoms with Gasteiger partial charge in [-0.15, -0.1) is 0 Å². The van der Waals surface area contributed by atoms with E-state index < -0.39 is 0 Å². The Labute approximate surface area is 114 Å². The van der Waals surface area contributed by atoms with Crippen molar-refractivity contribution >= 4 is 11.6 Å². The molecule has 0 saturated heterocycles. The molecule has 1 aromatic carbocycles. The molecule has 1 saturated carbocycles. The minimum Gasteiger partial charge on any atom is -0.327 e. The van der Waals surface area contributed by atoms with E-state index in [9.17, 15) is 4.39 Å². The third-order valence-electron chi connectivity index (χ3n) is 3.40. The van der Waals surface area contributed by atoms with Gasteiger partial charge < -0.3 is 5.73 Å². The molecule has 2 atom stereocenters. The molecule has 2 unspecified atom stereocenters. The van der Waals surface area contributed by atoms with Gasteiger partial charge in [0.2, 0.25) is 5.28 Å². The van der Waals surface area contributed by atoms with E-state index in [4.69, 9.17) is 17.3 Å². The zero-order valence-corrected chi connectivity index (χ0v) is 10.8. The van der Waals surface area contributed by atoms with Gasteiger partial charge in [0.1, 0.15) is 11.6 Å². The van der Waals surface area contributed by atoms with E-state index in [1.54, 1.807) is 18.2 Å². The van der Waals surface area contributed by atoms with Crippen molar-refractivity contribution < 1.29 is 4.39 Å². The lowest BCUT2D eigenvalue weighted by Gasteiger charge is -2.32. The van der Waals surface area contributed by atoms with Crippen LogP contribution in [-0.2, 0) is 0 Å². The summed E-state index contributed by atoms with van der Waals surface area (Å²) in [5, 5.41) is 0.0716. The molecule has 4 nitrogen and oxygen atoms in total. The predicted octanol–water partition coefficient (Wildman–Crippen LogP) is 2.54. The van der Waals surface area contributed by atoms with E-state index in [2.05, 4.69) is 15.0 Å². The standard InChI is InChI=1S/C13H12ClFN4/c14-13-18-11(7-3-1-2-4-9(7)15)17-12(19-13)8-5-6-10(8)16/h1-4,8,10H,5-6,16H2. The molecule has 1 aliphatic rings. The minimum absolute atomic E-state index is 0.0481. The van der Waals surface area contributed by atoms with Gasteiger partial charge in [0.25, 0.3) is 0 Å². The first-order chi connectivity index (χ1) is 9.15. The molecule has 19 heavy (non-hydrogen) atoms. The number of halogens is 2. The molecule has 1 aromatic heterocycles. The predicted molar refractivity (Wildman–Crippen MR) is 70.2 cm³/mol. The molecule has 1 fully saturated rings. The summed E-state index contributed by atoms with van der Waals surface area (Å²) in [4.78, 5) is 12.4. The molecule has 0 bridgehead atoms. The second-order valence-electron chi connectivity index (χ2n) is 4.61. The third kappa shape index (κ3) is 2.31. The van der Waals surface area contributed by atoms with E-state index in [-0.39, 0.29) is 28.9 Å². The Hall–Kier alpha value is -1.59. The summed E-state index contributed by atoms with van der Waals surface area (Å²) in [5.74, 6) is 0.517. The lowest BCUT2D eigenvalue weighted by Crippen LogP contribution is -2.38. The van der Waals surface area contributed by atoms with Crippen molar-refractivity contribution in [3.8, 4) is 11.4 Å². The van der Waals surface area contributed by atoms with Crippen LogP contribution in [0.15, 0.2) is 24.3 Å². The van der Waals surface area contributed by atoms with Crippen molar-refractivity contribution in [3.63, 3.8) is 0 Å². The van der Waals surface area contributed by atoms with Gasteiger partial charge in [0.05, 0.1) is 5.56 Å². The monoisotopic (exact) mass is 278 g/mol. The Morgan fingerprint density at radius 3 is 2.58 bits per heavy atom. The quantitative estimate of drug-likeness (QED) is 0.917. The zero-order valence-electron chi connectivity index (χ0n) is 10.1. The molecule has 1 heterocycles. The number of rotatable bonds is 2. The maximum absolute atomic E-state index is 13.7. The SMILES string of the molecule is NC1CCC1c1nc(Cl)nc(-c2ccccc2F)n1. The third-order valence-corrected chi connectivity index (χ3v) is 3.57. The Kier molecular flexibility index (Phi) is 3.16. The Morgan fingerprint density at radius 1 is 1.16 bits per heavy atom. The van der Waals surface area contributed by atoms with Crippen LogP contribution in [0.5, 0.6) is 0 Å². The van der Waals surface area contributed by atoms with Gasteiger partial charge in [0.15, 0.2) is 5.82 Å². The molecule has 2 N–H and O–H groups in total. The Bertz CT molecular complexity index is 619. The normalized spacial score (nSPS) is 22.1. The number of nitrogens with two attached hydrogens (primary N) is 1. The van der Waals surface area contributed by atoms with Crippen LogP contribution >= 0.6 is 11.6 Å². The molecule has 3 rings (SSSR count). The van der Waals surface area contributed by atoms with E-state index in [1.807, 2.05) is 0 Å². The first kappa shape index (κ1) is 12.4. The molecule has 0 aliphatic heterocycles. The fourth-order valence-corrected chi connectivity index (χ4v) is 2.31. The van der Waals surface area contributed by atoms with Crippen LogP contribution in [0.2, 0.25) is 5.28 Å². The van der Waals surface area contributed by atoms with Gasteiger partial charge >= 0.3 is 0 Å². The summed E-state index contributed by atoms with van der Waals surface area (Å²) in [6, 6.07) is 6.37. The van der Waals surface area contributed by atoms with Gasteiger partial charge in [-0.1, -0.05) is 12.1 Å². The Morgan fingerprint density at radius 2 is 1.95 bits per heavy atom. The molecule has 0 radical (unpaired) electrons. The van der Waals surface area contributed by atoms with Crippen molar-refractivity contribution in [2.75, 3.05) is 0 Å². The highest BCUT2D eigenvalue weighted by atomic mass is 35.5. The van der Waals surface area contributed by atoms with E-state index in [1.165, 1.54) is 6.07 Å². The lowest BCUT2D eigenvalue weighted by molar-refractivity contribution is 0.332. The topological polar surface area (TPSA) is 64.7 Å². The van der Waals surface area contributed by atoms with Crippen LogP contribution in [0, 0.1) is 5.82 Å². The maximum atomic E-state index is 13.7. The summed E-state index contributed by atoms with van der Waals surface area (Å²) < 4.78 is 13.7. The molecule has 2 aromatic rings. The molecule has 0 spiro atoms. The van der Waals surface area contributed by atoms with Crippen molar-refractivity contribution in [2.45, 2.75) is 24.8 Å². The van der Waals surface area contributed by atoms with E-state index >= 15 is 0 Å². The summed E-state index contributed by atoms with van der Waals surface area (Å²) in [6.45, 7) is 0. The highest BCUT2D eigenvalue weighted by Gasteiger charge is 2.32. The highest BCUT2D eigenvalue weighted by Crippen LogP contribution is 2.34. The van der Waals surface area contributed by atoms with E-state index in [0.29, 0.717) is 11.4 Å². The zero-order chi connectivity index (χ0) is 13.4. The molecule has 0 amide bonds. The summed E-state index contributed by atoms with van der Waals surface area (Å²) in [7, 11) is 0.